The molecule has 8 rings (SSSR count). The molecule has 44 heavy (non-hydrogen) atoms. The van der Waals surface area contributed by atoms with Gasteiger partial charge in [-0.15, -0.1) is 90.7 Å². The largest absolute Gasteiger partial charge is 0.143 e. The molecule has 0 N–H and O–H groups in total. The second kappa shape index (κ2) is 12.3. The summed E-state index contributed by atoms with van der Waals surface area (Å²) in [5.41, 5.74) is 2.70. The van der Waals surface area contributed by atoms with Crippen molar-refractivity contribution >= 4 is 102 Å². The van der Waals surface area contributed by atoms with Crippen LogP contribution in [0.4, 0.5) is 0 Å². The molecule has 0 nitrogen and oxygen atoms in total. The minimum Gasteiger partial charge on any atom is -0.143 e. The van der Waals surface area contributed by atoms with E-state index >= 15 is 0 Å². The van der Waals surface area contributed by atoms with Gasteiger partial charge in [0.25, 0.3) is 0 Å². The molecule has 8 heteroatoms. The van der Waals surface area contributed by atoms with Crippen molar-refractivity contribution in [1.82, 2.24) is 0 Å². The smallest absolute Gasteiger partial charge is 0.0449 e. The fourth-order valence-electron chi connectivity index (χ4n) is 5.05. The Labute approximate surface area is 287 Å². The van der Waals surface area contributed by atoms with Crippen LogP contribution in [0.1, 0.15) is 26.4 Å². The maximum Gasteiger partial charge on any atom is 0.0449 e. The van der Waals surface area contributed by atoms with Gasteiger partial charge in [0.1, 0.15) is 0 Å². The summed E-state index contributed by atoms with van der Waals surface area (Å²) in [4.78, 5) is 13.4. The average molecular weight is 713 g/mol. The second-order valence-corrected chi connectivity index (χ2v) is 18.8. The first-order valence-corrected chi connectivity index (χ1v) is 20.6. The first-order chi connectivity index (χ1) is 21.6. The summed E-state index contributed by atoms with van der Waals surface area (Å²) in [6, 6.07) is 36.2. The first-order valence-electron chi connectivity index (χ1n) is 14.0. The molecule has 0 aliphatic carbocycles. The minimum absolute atomic E-state index is 1.32. The lowest BCUT2D eigenvalue weighted by Crippen LogP contribution is -1.99. The number of thiophene rings is 8. The SMILES string of the molecule is C/C(c1ccc(-c2cccs2)s1)=c1\cc/c(=c2/cc/c(=C(\c3ccc(-c4cccs4)s3)c3ccc(-c4ccc(C)s4)s3)s2)s1. The molecule has 0 saturated carbocycles. The molecule has 8 aromatic heterocycles. The summed E-state index contributed by atoms with van der Waals surface area (Å²) < 4.78 is 5.32. The van der Waals surface area contributed by atoms with Crippen LogP contribution in [0.25, 0.3) is 40.4 Å². The van der Waals surface area contributed by atoms with Crippen molar-refractivity contribution < 1.29 is 0 Å². The quantitative estimate of drug-likeness (QED) is 0.161. The summed E-state index contributed by atoms with van der Waals surface area (Å²) in [6.45, 7) is 4.44. The molecule has 0 atom stereocenters. The van der Waals surface area contributed by atoms with Gasteiger partial charge in [-0.3, -0.25) is 0 Å². The minimum atomic E-state index is 1.32. The van der Waals surface area contributed by atoms with Gasteiger partial charge in [0.2, 0.25) is 0 Å². The molecule has 0 amide bonds. The van der Waals surface area contributed by atoms with Gasteiger partial charge in [0.15, 0.2) is 0 Å². The van der Waals surface area contributed by atoms with Crippen LogP contribution in [0.5, 0.6) is 0 Å². The van der Waals surface area contributed by atoms with Gasteiger partial charge in [-0.25, -0.2) is 0 Å². The zero-order valence-electron chi connectivity index (χ0n) is 23.7. The predicted molar refractivity (Wildman–Crippen MR) is 203 cm³/mol. The number of aryl methyl sites for hydroxylation is 1. The molecular formula is C36H24S8. The van der Waals surface area contributed by atoms with E-state index in [1.807, 2.05) is 79.4 Å². The Hall–Kier alpha value is -2.66. The van der Waals surface area contributed by atoms with Gasteiger partial charge in [-0.1, -0.05) is 12.1 Å². The molecule has 216 valence electrons. The van der Waals surface area contributed by atoms with Crippen molar-refractivity contribution in [3.05, 3.63) is 145 Å². The molecule has 0 saturated heterocycles. The summed E-state index contributed by atoms with van der Waals surface area (Å²) in [5.74, 6) is 0. The van der Waals surface area contributed by atoms with E-state index in [4.69, 9.17) is 0 Å². The topological polar surface area (TPSA) is 0 Å². The Balaban J connectivity index is 1.25. The van der Waals surface area contributed by atoms with Crippen molar-refractivity contribution in [3.63, 3.8) is 0 Å². The standard InChI is InChI=1S/C36H24S8/c1-21-7-8-29(39-21)30-14-17-34(43-30)36(33-16-13-28(42-33)26-6-4-20-38-26)35-18-15-32(44-35)31-12-10-24(41-31)22(2)23-9-11-27(40-23)25-5-3-19-37-25/h3-20H,1-2H3/b24-22-,32-31+,36-35-. The van der Waals surface area contributed by atoms with E-state index in [0.717, 1.165) is 0 Å². The molecular weight excluding hydrogens is 689 g/mol. The highest BCUT2D eigenvalue weighted by Gasteiger charge is 2.16. The molecule has 0 unspecified atom stereocenters. The maximum absolute atomic E-state index is 2.33. The van der Waals surface area contributed by atoms with Crippen molar-refractivity contribution in [2.45, 2.75) is 13.8 Å². The fourth-order valence-corrected chi connectivity index (χ4v) is 13.3. The summed E-state index contributed by atoms with van der Waals surface area (Å²) >= 11 is 15.0. The lowest BCUT2D eigenvalue weighted by Gasteiger charge is -2.01. The highest BCUT2D eigenvalue weighted by atomic mass is 32.1. The first kappa shape index (κ1) is 28.8. The van der Waals surface area contributed by atoms with Gasteiger partial charge in [-0.2, -0.15) is 0 Å². The van der Waals surface area contributed by atoms with Gasteiger partial charge >= 0.3 is 0 Å². The fraction of sp³-hybridized carbons (Fsp3) is 0.0556. The number of hydrogen-bond donors (Lipinski definition) is 0. The van der Waals surface area contributed by atoms with Gasteiger partial charge in [0, 0.05) is 72.5 Å². The second-order valence-electron chi connectivity index (χ2n) is 10.2. The molecule has 0 aliphatic heterocycles. The monoisotopic (exact) mass is 712 g/mol. The summed E-state index contributed by atoms with van der Waals surface area (Å²) in [6.07, 6.45) is 0. The van der Waals surface area contributed by atoms with Crippen LogP contribution in [-0.2, 0) is 0 Å². The van der Waals surface area contributed by atoms with Crippen molar-refractivity contribution in [1.29, 1.82) is 0 Å². The predicted octanol–water partition coefficient (Wildman–Crippen LogP) is 12.2. The van der Waals surface area contributed by atoms with Crippen LogP contribution < -0.4 is 9.06 Å². The Morgan fingerprint density at radius 3 is 1.50 bits per heavy atom. The molecule has 0 spiro atoms. The van der Waals surface area contributed by atoms with E-state index in [1.165, 1.54) is 78.0 Å². The third kappa shape index (κ3) is 5.63. The van der Waals surface area contributed by atoms with Crippen molar-refractivity contribution in [2.24, 2.45) is 0 Å². The van der Waals surface area contributed by atoms with Crippen LogP contribution in [0.3, 0.4) is 0 Å². The maximum atomic E-state index is 2.33. The zero-order valence-corrected chi connectivity index (χ0v) is 30.2. The summed E-state index contributed by atoms with van der Waals surface area (Å²) in [5, 5.41) is 4.31. The molecule has 8 heterocycles. The molecule has 0 aliphatic rings. The summed E-state index contributed by atoms with van der Waals surface area (Å²) in [7, 11) is 0. The van der Waals surface area contributed by atoms with E-state index in [2.05, 4.69) is 122 Å². The van der Waals surface area contributed by atoms with Crippen molar-refractivity contribution in [3.8, 4) is 29.3 Å². The third-order valence-corrected chi connectivity index (χ3v) is 16.5. The molecule has 0 fully saturated rings. The lowest BCUT2D eigenvalue weighted by atomic mass is 10.2. The Bertz CT molecular complexity index is 2410. The molecule has 0 aromatic carbocycles. The number of rotatable bonds is 6. The van der Waals surface area contributed by atoms with Crippen LogP contribution in [0.2, 0.25) is 0 Å². The Morgan fingerprint density at radius 1 is 0.432 bits per heavy atom. The van der Waals surface area contributed by atoms with Crippen molar-refractivity contribution in [2.75, 3.05) is 0 Å². The highest BCUT2D eigenvalue weighted by molar-refractivity contribution is 7.24. The van der Waals surface area contributed by atoms with Gasteiger partial charge in [-0.05, 0) is 115 Å². The van der Waals surface area contributed by atoms with Crippen LogP contribution in [-0.4, -0.2) is 0 Å². The zero-order chi connectivity index (χ0) is 29.6. The van der Waals surface area contributed by atoms with Gasteiger partial charge in [0.05, 0.1) is 0 Å². The van der Waals surface area contributed by atoms with E-state index < -0.39 is 0 Å². The average Bonchev–Trinajstić information content (AvgIpc) is 3.89. The van der Waals surface area contributed by atoms with E-state index in [0.29, 0.717) is 0 Å². The molecule has 0 bridgehead atoms. The van der Waals surface area contributed by atoms with Crippen LogP contribution >= 0.6 is 90.7 Å². The Morgan fingerprint density at radius 2 is 0.932 bits per heavy atom. The highest BCUT2D eigenvalue weighted by Crippen LogP contribution is 2.41. The number of hydrogen-bond acceptors (Lipinski definition) is 8. The van der Waals surface area contributed by atoms with E-state index in [1.54, 1.807) is 11.3 Å². The van der Waals surface area contributed by atoms with E-state index in [9.17, 15) is 0 Å². The molecule has 8 aromatic rings. The Kier molecular flexibility index (Phi) is 8.03. The lowest BCUT2D eigenvalue weighted by molar-refractivity contribution is 1.64. The van der Waals surface area contributed by atoms with Crippen LogP contribution in [0, 0.1) is 16.0 Å². The third-order valence-electron chi connectivity index (χ3n) is 7.26. The molecule has 0 radical (unpaired) electrons. The van der Waals surface area contributed by atoms with E-state index in [-0.39, 0.29) is 0 Å². The van der Waals surface area contributed by atoms with Crippen LogP contribution in [0.15, 0.2) is 108 Å². The van der Waals surface area contributed by atoms with Gasteiger partial charge < -0.3 is 0 Å². The normalized spacial score (nSPS) is 13.9.